The normalized spacial score (nSPS) is 18.6. The first kappa shape index (κ1) is 17.1. The molecule has 1 fully saturated rings. The predicted octanol–water partition coefficient (Wildman–Crippen LogP) is 3.20. The molecule has 1 aromatic rings. The Labute approximate surface area is 129 Å². The van der Waals surface area contributed by atoms with Gasteiger partial charge in [-0.2, -0.15) is 13.2 Å². The molecule has 1 aromatic carbocycles. The second kappa shape index (κ2) is 6.08. The van der Waals surface area contributed by atoms with Crippen molar-refractivity contribution in [1.82, 2.24) is 9.80 Å². The van der Waals surface area contributed by atoms with Gasteiger partial charge in [-0.05, 0) is 38.5 Å². The van der Waals surface area contributed by atoms with E-state index in [2.05, 4.69) is 30.6 Å². The van der Waals surface area contributed by atoms with Gasteiger partial charge in [-0.1, -0.05) is 6.07 Å². The highest BCUT2D eigenvalue weighted by Gasteiger charge is 2.31. The largest absolute Gasteiger partial charge is 0.416 e. The van der Waals surface area contributed by atoms with E-state index in [4.69, 9.17) is 5.73 Å². The van der Waals surface area contributed by atoms with Gasteiger partial charge < -0.3 is 5.73 Å². The maximum Gasteiger partial charge on any atom is 0.416 e. The lowest BCUT2D eigenvalue weighted by Gasteiger charge is -2.42. The summed E-state index contributed by atoms with van der Waals surface area (Å²) >= 11 is 0. The molecule has 6 heteroatoms. The van der Waals surface area contributed by atoms with Crippen molar-refractivity contribution < 1.29 is 13.2 Å². The van der Waals surface area contributed by atoms with Crippen LogP contribution in [0, 0.1) is 0 Å². The SMILES string of the molecule is CC(C)(C)N1CCN(Cc2ccc(C(F)(F)F)cc2N)CC1. The van der Waals surface area contributed by atoms with E-state index in [0.717, 1.165) is 43.9 Å². The highest BCUT2D eigenvalue weighted by molar-refractivity contribution is 5.49. The van der Waals surface area contributed by atoms with Crippen molar-refractivity contribution in [2.45, 2.75) is 39.0 Å². The van der Waals surface area contributed by atoms with Gasteiger partial charge in [0.2, 0.25) is 0 Å². The second-order valence-electron chi connectivity index (χ2n) is 6.85. The Balaban J connectivity index is 1.98. The van der Waals surface area contributed by atoms with Crippen LogP contribution in [0.15, 0.2) is 18.2 Å². The van der Waals surface area contributed by atoms with Crippen LogP contribution in [0.1, 0.15) is 31.9 Å². The second-order valence-corrected chi connectivity index (χ2v) is 6.85. The number of hydrogen-bond donors (Lipinski definition) is 1. The van der Waals surface area contributed by atoms with Crippen molar-refractivity contribution in [1.29, 1.82) is 0 Å². The Hall–Kier alpha value is -1.27. The van der Waals surface area contributed by atoms with E-state index >= 15 is 0 Å². The van der Waals surface area contributed by atoms with E-state index in [0.29, 0.717) is 6.54 Å². The van der Waals surface area contributed by atoms with Gasteiger partial charge >= 0.3 is 6.18 Å². The van der Waals surface area contributed by atoms with E-state index in [1.165, 1.54) is 6.07 Å². The molecule has 0 amide bonds. The number of halogens is 3. The molecule has 0 bridgehead atoms. The van der Waals surface area contributed by atoms with Gasteiger partial charge in [0, 0.05) is 44.0 Å². The van der Waals surface area contributed by atoms with E-state index in [1.54, 1.807) is 0 Å². The molecule has 3 nitrogen and oxygen atoms in total. The van der Waals surface area contributed by atoms with E-state index in [1.807, 2.05) is 0 Å². The van der Waals surface area contributed by atoms with Crippen molar-refractivity contribution in [3.63, 3.8) is 0 Å². The first-order valence-corrected chi connectivity index (χ1v) is 7.50. The summed E-state index contributed by atoms with van der Waals surface area (Å²) < 4.78 is 37.9. The number of hydrogen-bond acceptors (Lipinski definition) is 3. The third kappa shape index (κ3) is 4.14. The van der Waals surface area contributed by atoms with Gasteiger partial charge in [-0.15, -0.1) is 0 Å². The summed E-state index contributed by atoms with van der Waals surface area (Å²) in [5.74, 6) is 0. The quantitative estimate of drug-likeness (QED) is 0.851. The Morgan fingerprint density at radius 2 is 1.64 bits per heavy atom. The summed E-state index contributed by atoms with van der Waals surface area (Å²) in [6.07, 6.45) is -4.34. The smallest absolute Gasteiger partial charge is 0.398 e. The summed E-state index contributed by atoms with van der Waals surface area (Å²) in [5.41, 5.74) is 6.24. The van der Waals surface area contributed by atoms with Crippen molar-refractivity contribution in [2.24, 2.45) is 0 Å². The lowest BCUT2D eigenvalue weighted by atomic mass is 10.0. The van der Waals surface area contributed by atoms with Crippen LogP contribution in [0.3, 0.4) is 0 Å². The maximum atomic E-state index is 12.6. The molecule has 1 heterocycles. The van der Waals surface area contributed by atoms with E-state index in [-0.39, 0.29) is 11.2 Å². The molecule has 1 aliphatic rings. The van der Waals surface area contributed by atoms with Crippen molar-refractivity contribution >= 4 is 5.69 Å². The van der Waals surface area contributed by atoms with Gasteiger partial charge in [0.25, 0.3) is 0 Å². The highest BCUT2D eigenvalue weighted by Crippen LogP contribution is 2.31. The number of rotatable bonds is 2. The third-order valence-electron chi connectivity index (χ3n) is 4.19. The van der Waals surface area contributed by atoms with Gasteiger partial charge in [-0.25, -0.2) is 0 Å². The molecular weight excluding hydrogens is 291 g/mol. The fourth-order valence-electron chi connectivity index (χ4n) is 2.73. The molecule has 22 heavy (non-hydrogen) atoms. The van der Waals surface area contributed by atoms with Crippen LogP contribution < -0.4 is 5.73 Å². The molecule has 0 aliphatic carbocycles. The first-order chi connectivity index (χ1) is 10.1. The van der Waals surface area contributed by atoms with Crippen LogP contribution in [0.2, 0.25) is 0 Å². The fraction of sp³-hybridized carbons (Fsp3) is 0.625. The summed E-state index contributed by atoms with van der Waals surface area (Å²) in [6, 6.07) is 3.63. The molecule has 124 valence electrons. The van der Waals surface area contributed by atoms with Crippen molar-refractivity contribution in [2.75, 3.05) is 31.9 Å². The van der Waals surface area contributed by atoms with Gasteiger partial charge in [-0.3, -0.25) is 9.80 Å². The van der Waals surface area contributed by atoms with Gasteiger partial charge in [0.05, 0.1) is 5.56 Å². The summed E-state index contributed by atoms with van der Waals surface area (Å²) in [7, 11) is 0. The molecule has 1 aliphatic heterocycles. The molecule has 1 saturated heterocycles. The fourth-order valence-corrected chi connectivity index (χ4v) is 2.73. The maximum absolute atomic E-state index is 12.6. The molecule has 0 spiro atoms. The first-order valence-electron chi connectivity index (χ1n) is 7.50. The molecule has 2 N–H and O–H groups in total. The van der Waals surface area contributed by atoms with Crippen LogP contribution in [-0.4, -0.2) is 41.5 Å². The highest BCUT2D eigenvalue weighted by atomic mass is 19.4. The van der Waals surface area contributed by atoms with Crippen molar-refractivity contribution in [3.05, 3.63) is 29.3 Å². The minimum Gasteiger partial charge on any atom is -0.398 e. The number of anilines is 1. The lowest BCUT2D eigenvalue weighted by molar-refractivity contribution is -0.137. The molecule has 0 saturated carbocycles. The minimum atomic E-state index is -4.34. The van der Waals surface area contributed by atoms with Gasteiger partial charge in [0.15, 0.2) is 0 Å². The van der Waals surface area contributed by atoms with Crippen LogP contribution in [0.25, 0.3) is 0 Å². The minimum absolute atomic E-state index is 0.152. The molecular formula is C16H24F3N3. The molecule has 0 aromatic heterocycles. The summed E-state index contributed by atoms with van der Waals surface area (Å²) in [4.78, 5) is 4.65. The molecule has 0 atom stereocenters. The Morgan fingerprint density at radius 3 is 2.09 bits per heavy atom. The zero-order valence-electron chi connectivity index (χ0n) is 13.4. The Bertz CT molecular complexity index is 512. The molecule has 2 rings (SSSR count). The number of benzene rings is 1. The summed E-state index contributed by atoms with van der Waals surface area (Å²) in [5, 5.41) is 0. The number of nitrogens with two attached hydrogens (primary N) is 1. The number of nitrogen functional groups attached to an aromatic ring is 1. The Morgan fingerprint density at radius 1 is 1.05 bits per heavy atom. The zero-order valence-corrected chi connectivity index (χ0v) is 13.4. The van der Waals surface area contributed by atoms with Gasteiger partial charge in [0.1, 0.15) is 0 Å². The monoisotopic (exact) mass is 315 g/mol. The molecule has 0 unspecified atom stereocenters. The summed E-state index contributed by atoms with van der Waals surface area (Å²) in [6.45, 7) is 10.9. The van der Waals surface area contributed by atoms with Crippen LogP contribution in [0.5, 0.6) is 0 Å². The average molecular weight is 315 g/mol. The standard InChI is InChI=1S/C16H24F3N3/c1-15(2,3)22-8-6-21(7-9-22)11-12-4-5-13(10-14(12)20)16(17,18)19/h4-5,10H,6-9,11,20H2,1-3H3. The van der Waals surface area contributed by atoms with Crippen molar-refractivity contribution in [3.8, 4) is 0 Å². The number of alkyl halides is 3. The topological polar surface area (TPSA) is 32.5 Å². The predicted molar refractivity (Wildman–Crippen MR) is 82.5 cm³/mol. The molecule has 0 radical (unpaired) electrons. The average Bonchev–Trinajstić information content (AvgIpc) is 2.39. The van der Waals surface area contributed by atoms with Crippen LogP contribution in [-0.2, 0) is 12.7 Å². The zero-order chi connectivity index (χ0) is 16.5. The number of nitrogens with zero attached hydrogens (tertiary/aromatic N) is 2. The number of piperazine rings is 1. The van der Waals surface area contributed by atoms with E-state index < -0.39 is 11.7 Å². The lowest BCUT2D eigenvalue weighted by Crippen LogP contribution is -2.53. The van der Waals surface area contributed by atoms with E-state index in [9.17, 15) is 13.2 Å². The third-order valence-corrected chi connectivity index (χ3v) is 4.19. The Kier molecular flexibility index (Phi) is 4.73. The van der Waals surface area contributed by atoms with Crippen LogP contribution >= 0.6 is 0 Å². The van der Waals surface area contributed by atoms with Crippen LogP contribution in [0.4, 0.5) is 18.9 Å².